The third kappa shape index (κ3) is 4.57. The minimum Gasteiger partial charge on any atom is -0.478 e. The molecule has 0 bridgehead atoms. The maximum absolute atomic E-state index is 12.3. The van der Waals surface area contributed by atoms with Crippen LogP contribution in [0.15, 0.2) is 24.3 Å². The normalized spacial score (nSPS) is 11.6. The number of aliphatic hydroxyl groups is 1. The van der Waals surface area contributed by atoms with E-state index in [1.807, 2.05) is 0 Å². The summed E-state index contributed by atoms with van der Waals surface area (Å²) >= 11 is 0. The van der Waals surface area contributed by atoms with Gasteiger partial charge in [0.15, 0.2) is 0 Å². The Bertz CT molecular complexity index is 527. The monoisotopic (exact) mass is 294 g/mol. The Morgan fingerprint density at radius 2 is 1.81 bits per heavy atom. The van der Waals surface area contributed by atoms with Crippen LogP contribution >= 0.6 is 0 Å². The Morgan fingerprint density at radius 3 is 2.24 bits per heavy atom. The summed E-state index contributed by atoms with van der Waals surface area (Å²) in [5.41, 5.74) is 0.557. The van der Waals surface area contributed by atoms with Crippen molar-refractivity contribution < 1.29 is 24.6 Å². The van der Waals surface area contributed by atoms with Crippen molar-refractivity contribution in [3.05, 3.63) is 29.8 Å². The Labute approximate surface area is 122 Å². The molecule has 1 aromatic carbocycles. The van der Waals surface area contributed by atoms with Gasteiger partial charge in [-0.25, -0.2) is 4.79 Å². The number of carboxylic acid groups (broad SMARTS) is 1. The lowest BCUT2D eigenvalue weighted by Gasteiger charge is -2.25. The lowest BCUT2D eigenvalue weighted by molar-refractivity contribution is -0.126. The minimum atomic E-state index is -1.06. The number of carboxylic acids is 1. The molecular formula is C14H18N2O5. The highest BCUT2D eigenvalue weighted by atomic mass is 16.4. The van der Waals surface area contributed by atoms with Crippen molar-refractivity contribution in [2.24, 2.45) is 0 Å². The fourth-order valence-electron chi connectivity index (χ4n) is 1.85. The Morgan fingerprint density at radius 1 is 1.24 bits per heavy atom. The smallest absolute Gasteiger partial charge is 0.335 e. The maximum Gasteiger partial charge on any atom is 0.335 e. The molecular weight excluding hydrogens is 276 g/mol. The van der Waals surface area contributed by atoms with Gasteiger partial charge >= 0.3 is 5.97 Å². The van der Waals surface area contributed by atoms with Crippen LogP contribution in [0.4, 0.5) is 5.69 Å². The summed E-state index contributed by atoms with van der Waals surface area (Å²) < 4.78 is 0. The van der Waals surface area contributed by atoms with Gasteiger partial charge in [0, 0.05) is 19.2 Å². The van der Waals surface area contributed by atoms with E-state index in [0.717, 1.165) is 0 Å². The van der Waals surface area contributed by atoms with Crippen molar-refractivity contribution >= 4 is 23.5 Å². The molecule has 114 valence electrons. The van der Waals surface area contributed by atoms with Gasteiger partial charge in [-0.15, -0.1) is 0 Å². The first-order valence-corrected chi connectivity index (χ1v) is 6.39. The Balaban J connectivity index is 2.97. The molecule has 21 heavy (non-hydrogen) atoms. The zero-order valence-electron chi connectivity index (χ0n) is 11.9. The van der Waals surface area contributed by atoms with Gasteiger partial charge in [0.1, 0.15) is 6.04 Å². The second-order valence-corrected chi connectivity index (χ2v) is 4.49. The highest BCUT2D eigenvalue weighted by Gasteiger charge is 2.22. The summed E-state index contributed by atoms with van der Waals surface area (Å²) in [5, 5.41) is 20.4. The molecule has 0 fully saturated rings. The summed E-state index contributed by atoms with van der Waals surface area (Å²) in [7, 11) is 0. The van der Waals surface area contributed by atoms with E-state index < -0.39 is 12.0 Å². The van der Waals surface area contributed by atoms with E-state index in [2.05, 4.69) is 5.32 Å². The predicted octanol–water partition coefficient (Wildman–Crippen LogP) is 0.235. The van der Waals surface area contributed by atoms with Gasteiger partial charge in [-0.3, -0.25) is 9.59 Å². The van der Waals surface area contributed by atoms with E-state index in [-0.39, 0.29) is 30.5 Å². The molecule has 3 N–H and O–H groups in total. The fourth-order valence-corrected chi connectivity index (χ4v) is 1.85. The molecule has 1 aromatic rings. The number of carbonyl (C=O) groups excluding carboxylic acids is 2. The average Bonchev–Trinajstić information content (AvgIpc) is 2.43. The van der Waals surface area contributed by atoms with Crippen LogP contribution in [0.5, 0.6) is 0 Å². The fraction of sp³-hybridized carbons (Fsp3) is 0.357. The highest BCUT2D eigenvalue weighted by Crippen LogP contribution is 2.16. The minimum absolute atomic E-state index is 0.0508. The number of anilines is 1. The number of rotatable bonds is 6. The molecule has 0 spiro atoms. The van der Waals surface area contributed by atoms with Crippen molar-refractivity contribution in [2.75, 3.05) is 18.1 Å². The van der Waals surface area contributed by atoms with Crippen molar-refractivity contribution in [3.63, 3.8) is 0 Å². The van der Waals surface area contributed by atoms with E-state index in [1.54, 1.807) is 6.92 Å². The van der Waals surface area contributed by atoms with Crippen LogP contribution < -0.4 is 10.2 Å². The van der Waals surface area contributed by atoms with Gasteiger partial charge in [-0.1, -0.05) is 0 Å². The molecule has 1 unspecified atom stereocenters. The topological polar surface area (TPSA) is 107 Å². The molecule has 0 aliphatic rings. The summed E-state index contributed by atoms with van der Waals surface area (Å²) in [6.45, 7) is 2.65. The van der Waals surface area contributed by atoms with Gasteiger partial charge in [-0.2, -0.15) is 0 Å². The number of nitrogens with zero attached hydrogens (tertiary/aromatic N) is 1. The Kier molecular flexibility index (Phi) is 5.86. The largest absolute Gasteiger partial charge is 0.478 e. The first-order valence-electron chi connectivity index (χ1n) is 6.39. The van der Waals surface area contributed by atoms with E-state index >= 15 is 0 Å². The zero-order chi connectivity index (χ0) is 16.0. The van der Waals surface area contributed by atoms with Crippen LogP contribution in [0.2, 0.25) is 0 Å². The van der Waals surface area contributed by atoms with Crippen LogP contribution in [0.25, 0.3) is 0 Å². The van der Waals surface area contributed by atoms with E-state index in [1.165, 1.54) is 36.1 Å². The van der Waals surface area contributed by atoms with Crippen LogP contribution in [0.3, 0.4) is 0 Å². The lowest BCUT2D eigenvalue weighted by Crippen LogP contribution is -2.47. The molecule has 1 atom stereocenters. The number of aliphatic hydroxyl groups excluding tert-OH is 1. The molecule has 0 saturated carbocycles. The van der Waals surface area contributed by atoms with Gasteiger partial charge < -0.3 is 20.4 Å². The van der Waals surface area contributed by atoms with Crippen LogP contribution in [-0.2, 0) is 9.59 Å². The molecule has 0 aromatic heterocycles. The SMILES string of the molecule is CC(=O)NC(C)C(=O)N(CCO)c1ccc(C(=O)O)cc1. The highest BCUT2D eigenvalue weighted by molar-refractivity contribution is 5.99. The third-order valence-electron chi connectivity index (χ3n) is 2.81. The van der Waals surface area contributed by atoms with Gasteiger partial charge in [0.05, 0.1) is 12.2 Å². The van der Waals surface area contributed by atoms with Crippen LogP contribution in [0.1, 0.15) is 24.2 Å². The molecule has 0 aliphatic carbocycles. The number of hydrogen-bond donors (Lipinski definition) is 3. The summed E-state index contributed by atoms with van der Waals surface area (Å²) in [4.78, 5) is 35.4. The second kappa shape index (κ2) is 7.39. The van der Waals surface area contributed by atoms with Crippen molar-refractivity contribution in [1.82, 2.24) is 5.32 Å². The first kappa shape index (κ1) is 16.6. The Hall–Kier alpha value is -2.41. The summed E-state index contributed by atoms with van der Waals surface area (Å²) in [6, 6.07) is 4.97. The van der Waals surface area contributed by atoms with Gasteiger partial charge in [0.25, 0.3) is 0 Å². The zero-order valence-corrected chi connectivity index (χ0v) is 11.9. The number of benzene rings is 1. The average molecular weight is 294 g/mol. The number of hydrogen-bond acceptors (Lipinski definition) is 4. The number of nitrogens with one attached hydrogen (secondary N) is 1. The molecule has 0 radical (unpaired) electrons. The molecule has 7 heteroatoms. The predicted molar refractivity (Wildman–Crippen MR) is 76.1 cm³/mol. The van der Waals surface area contributed by atoms with Crippen molar-refractivity contribution in [1.29, 1.82) is 0 Å². The summed E-state index contributed by atoms with van der Waals surface area (Å²) in [5.74, 6) is -1.78. The number of aromatic carboxylic acids is 1. The lowest BCUT2D eigenvalue weighted by atomic mass is 10.1. The molecule has 0 heterocycles. The van der Waals surface area contributed by atoms with Crippen LogP contribution in [0, 0.1) is 0 Å². The maximum atomic E-state index is 12.3. The molecule has 7 nitrogen and oxygen atoms in total. The van der Waals surface area contributed by atoms with Crippen LogP contribution in [-0.4, -0.2) is 47.2 Å². The van der Waals surface area contributed by atoms with Gasteiger partial charge in [0.2, 0.25) is 11.8 Å². The number of carbonyl (C=O) groups is 3. The van der Waals surface area contributed by atoms with Crippen molar-refractivity contribution in [3.8, 4) is 0 Å². The summed E-state index contributed by atoms with van der Waals surface area (Å²) in [6.07, 6.45) is 0. The molecule has 2 amide bonds. The molecule has 1 rings (SSSR count). The first-order chi connectivity index (χ1) is 9.86. The third-order valence-corrected chi connectivity index (χ3v) is 2.81. The number of amides is 2. The second-order valence-electron chi connectivity index (χ2n) is 4.49. The quantitative estimate of drug-likeness (QED) is 0.696. The van der Waals surface area contributed by atoms with Gasteiger partial charge in [-0.05, 0) is 31.2 Å². The van der Waals surface area contributed by atoms with E-state index in [9.17, 15) is 14.4 Å². The molecule has 0 saturated heterocycles. The van der Waals surface area contributed by atoms with E-state index in [4.69, 9.17) is 10.2 Å². The molecule has 0 aliphatic heterocycles. The standard InChI is InChI=1S/C14H18N2O5/c1-9(15-10(2)18)13(19)16(7-8-17)12-5-3-11(4-6-12)14(20)21/h3-6,9,17H,7-8H2,1-2H3,(H,15,18)(H,20,21). The van der Waals surface area contributed by atoms with E-state index in [0.29, 0.717) is 5.69 Å². The van der Waals surface area contributed by atoms with Crippen molar-refractivity contribution in [2.45, 2.75) is 19.9 Å².